The maximum absolute atomic E-state index is 12.4. The predicted molar refractivity (Wildman–Crippen MR) is 76.4 cm³/mol. The second kappa shape index (κ2) is 6.91. The minimum Gasteiger partial charge on any atom is -0.458 e. The van der Waals surface area contributed by atoms with E-state index in [1.54, 1.807) is 31.2 Å². The number of nitrogens with zero attached hydrogens (tertiary/aromatic N) is 2. The Morgan fingerprint density at radius 1 is 1.42 bits per heavy atom. The SMILES string of the molecule is C[C@@H](OC(=O)[C@H]1CC(=O)N(CC(F)(F)F)C1)c1ccc(C#N)cc1. The van der Waals surface area contributed by atoms with Gasteiger partial charge >= 0.3 is 12.1 Å². The number of nitriles is 1. The van der Waals surface area contributed by atoms with E-state index in [1.165, 1.54) is 0 Å². The van der Waals surface area contributed by atoms with E-state index >= 15 is 0 Å². The number of rotatable bonds is 4. The molecule has 0 aliphatic carbocycles. The summed E-state index contributed by atoms with van der Waals surface area (Å²) in [6.45, 7) is -0.0401. The fourth-order valence-electron chi connectivity index (χ4n) is 2.47. The Kier molecular flexibility index (Phi) is 5.12. The highest BCUT2D eigenvalue weighted by Crippen LogP contribution is 2.26. The minimum absolute atomic E-state index is 0.283. The normalized spacial score (nSPS) is 19.0. The van der Waals surface area contributed by atoms with Crippen LogP contribution in [0.5, 0.6) is 0 Å². The average Bonchev–Trinajstić information content (AvgIpc) is 2.86. The zero-order valence-corrected chi connectivity index (χ0v) is 12.8. The topological polar surface area (TPSA) is 70.4 Å². The molecule has 0 radical (unpaired) electrons. The Labute approximate surface area is 136 Å². The maximum Gasteiger partial charge on any atom is 0.406 e. The van der Waals surface area contributed by atoms with E-state index in [0.717, 1.165) is 0 Å². The van der Waals surface area contributed by atoms with E-state index < -0.39 is 36.6 Å². The van der Waals surface area contributed by atoms with Crippen LogP contribution in [0.3, 0.4) is 0 Å². The molecule has 0 N–H and O–H groups in total. The molecule has 2 atom stereocenters. The molecule has 1 fully saturated rings. The van der Waals surface area contributed by atoms with Crippen molar-refractivity contribution in [1.29, 1.82) is 5.26 Å². The van der Waals surface area contributed by atoms with Gasteiger partial charge in [0.1, 0.15) is 12.6 Å². The second-order valence-electron chi connectivity index (χ2n) is 5.60. The van der Waals surface area contributed by atoms with E-state index in [-0.39, 0.29) is 13.0 Å². The van der Waals surface area contributed by atoms with Crippen molar-refractivity contribution < 1.29 is 27.5 Å². The fraction of sp³-hybridized carbons (Fsp3) is 0.438. The van der Waals surface area contributed by atoms with Crippen molar-refractivity contribution in [2.75, 3.05) is 13.1 Å². The lowest BCUT2D eigenvalue weighted by Gasteiger charge is -2.19. The molecule has 1 aromatic carbocycles. The van der Waals surface area contributed by atoms with Gasteiger partial charge in [0.05, 0.1) is 17.6 Å². The zero-order valence-electron chi connectivity index (χ0n) is 12.8. The third-order valence-corrected chi connectivity index (χ3v) is 3.72. The summed E-state index contributed by atoms with van der Waals surface area (Å²) in [4.78, 5) is 24.3. The highest BCUT2D eigenvalue weighted by atomic mass is 19.4. The Balaban J connectivity index is 1.95. The van der Waals surface area contributed by atoms with Crippen molar-refractivity contribution in [3.05, 3.63) is 35.4 Å². The predicted octanol–water partition coefficient (Wildman–Crippen LogP) is 2.57. The molecule has 1 saturated heterocycles. The largest absolute Gasteiger partial charge is 0.458 e. The Bertz CT molecular complexity index is 665. The summed E-state index contributed by atoms with van der Waals surface area (Å²) in [5.41, 5.74) is 1.11. The van der Waals surface area contributed by atoms with Gasteiger partial charge in [-0.2, -0.15) is 18.4 Å². The monoisotopic (exact) mass is 340 g/mol. The smallest absolute Gasteiger partial charge is 0.406 e. The van der Waals surface area contributed by atoms with Crippen molar-refractivity contribution in [2.24, 2.45) is 5.92 Å². The Morgan fingerprint density at radius 2 is 2.04 bits per heavy atom. The molecular formula is C16H15F3N2O3. The van der Waals surface area contributed by atoms with Crippen molar-refractivity contribution in [1.82, 2.24) is 4.90 Å². The molecule has 0 aromatic heterocycles. The van der Waals surface area contributed by atoms with Gasteiger partial charge < -0.3 is 9.64 Å². The average molecular weight is 340 g/mol. The summed E-state index contributed by atoms with van der Waals surface area (Å²) in [6, 6.07) is 8.37. The summed E-state index contributed by atoms with van der Waals surface area (Å²) >= 11 is 0. The number of carbonyl (C=O) groups excluding carboxylic acids is 2. The van der Waals surface area contributed by atoms with Crippen LogP contribution in [0.2, 0.25) is 0 Å². The molecule has 1 amide bonds. The molecule has 1 aliphatic rings. The first-order valence-corrected chi connectivity index (χ1v) is 7.24. The lowest BCUT2D eigenvalue weighted by Crippen LogP contribution is -2.35. The molecule has 0 unspecified atom stereocenters. The third-order valence-electron chi connectivity index (χ3n) is 3.72. The van der Waals surface area contributed by atoms with E-state index in [4.69, 9.17) is 10.00 Å². The summed E-state index contributed by atoms with van der Waals surface area (Å²) < 4.78 is 42.3. The van der Waals surface area contributed by atoms with Gasteiger partial charge in [0, 0.05) is 13.0 Å². The maximum atomic E-state index is 12.4. The lowest BCUT2D eigenvalue weighted by molar-refractivity contribution is -0.158. The van der Waals surface area contributed by atoms with E-state index in [1.807, 2.05) is 6.07 Å². The molecule has 128 valence electrons. The fourth-order valence-corrected chi connectivity index (χ4v) is 2.47. The number of hydrogen-bond donors (Lipinski definition) is 0. The van der Waals surface area contributed by atoms with Crippen molar-refractivity contribution >= 4 is 11.9 Å². The number of halogens is 3. The first-order chi connectivity index (χ1) is 11.2. The first-order valence-electron chi connectivity index (χ1n) is 7.24. The zero-order chi connectivity index (χ0) is 17.9. The highest BCUT2D eigenvalue weighted by Gasteiger charge is 2.41. The van der Waals surface area contributed by atoms with E-state index in [9.17, 15) is 22.8 Å². The van der Waals surface area contributed by atoms with Crippen LogP contribution in [0.4, 0.5) is 13.2 Å². The van der Waals surface area contributed by atoms with Gasteiger partial charge in [-0.05, 0) is 24.6 Å². The van der Waals surface area contributed by atoms with Crippen LogP contribution in [0, 0.1) is 17.2 Å². The van der Waals surface area contributed by atoms with Gasteiger partial charge in [0.15, 0.2) is 0 Å². The van der Waals surface area contributed by atoms with Crippen LogP contribution in [-0.2, 0) is 14.3 Å². The van der Waals surface area contributed by atoms with Crippen molar-refractivity contribution in [2.45, 2.75) is 25.6 Å². The van der Waals surface area contributed by atoms with Gasteiger partial charge in [-0.15, -0.1) is 0 Å². The van der Waals surface area contributed by atoms with Crippen LogP contribution in [-0.4, -0.2) is 36.0 Å². The van der Waals surface area contributed by atoms with Crippen molar-refractivity contribution in [3.8, 4) is 6.07 Å². The van der Waals surface area contributed by atoms with Crippen LogP contribution in [0.25, 0.3) is 0 Å². The Hall–Kier alpha value is -2.56. The molecule has 0 spiro atoms. The quantitative estimate of drug-likeness (QED) is 0.790. The second-order valence-corrected chi connectivity index (χ2v) is 5.60. The molecular weight excluding hydrogens is 325 g/mol. The summed E-state index contributed by atoms with van der Waals surface area (Å²) in [5.74, 6) is -2.31. The summed E-state index contributed by atoms with van der Waals surface area (Å²) in [6.07, 6.45) is -5.41. The number of ether oxygens (including phenoxy) is 1. The van der Waals surface area contributed by atoms with Crippen LogP contribution in [0.1, 0.15) is 30.6 Å². The number of likely N-dealkylation sites (tertiary alicyclic amines) is 1. The number of amides is 1. The number of hydrogen-bond acceptors (Lipinski definition) is 4. The van der Waals surface area contributed by atoms with Crippen LogP contribution in [0.15, 0.2) is 24.3 Å². The van der Waals surface area contributed by atoms with E-state index in [2.05, 4.69) is 0 Å². The summed E-state index contributed by atoms with van der Waals surface area (Å²) in [5, 5.41) is 8.73. The van der Waals surface area contributed by atoms with Gasteiger partial charge in [-0.1, -0.05) is 12.1 Å². The van der Waals surface area contributed by atoms with E-state index in [0.29, 0.717) is 16.0 Å². The number of carbonyl (C=O) groups is 2. The van der Waals surface area contributed by atoms with Crippen LogP contribution >= 0.6 is 0 Å². The molecule has 1 aromatic rings. The van der Waals surface area contributed by atoms with Crippen LogP contribution < -0.4 is 0 Å². The number of benzene rings is 1. The molecule has 8 heteroatoms. The highest BCUT2D eigenvalue weighted by molar-refractivity contribution is 5.86. The minimum atomic E-state index is -4.50. The molecule has 0 saturated carbocycles. The van der Waals surface area contributed by atoms with Gasteiger partial charge in [0.25, 0.3) is 0 Å². The molecule has 1 heterocycles. The standard InChI is InChI=1S/C16H15F3N2O3/c1-10(12-4-2-11(7-20)3-5-12)24-15(23)13-6-14(22)21(8-13)9-16(17,18)19/h2-5,10,13H,6,8-9H2,1H3/t10-,13+/m1/s1. The Morgan fingerprint density at radius 3 is 2.58 bits per heavy atom. The molecule has 24 heavy (non-hydrogen) atoms. The van der Waals surface area contributed by atoms with Gasteiger partial charge in [-0.25, -0.2) is 0 Å². The number of alkyl halides is 3. The van der Waals surface area contributed by atoms with Gasteiger partial charge in [0.2, 0.25) is 5.91 Å². The third kappa shape index (κ3) is 4.47. The first kappa shape index (κ1) is 17.8. The molecule has 0 bridgehead atoms. The van der Waals surface area contributed by atoms with Crippen molar-refractivity contribution in [3.63, 3.8) is 0 Å². The lowest BCUT2D eigenvalue weighted by atomic mass is 10.1. The summed E-state index contributed by atoms with van der Waals surface area (Å²) in [7, 11) is 0. The van der Waals surface area contributed by atoms with Gasteiger partial charge in [-0.3, -0.25) is 9.59 Å². The molecule has 1 aliphatic heterocycles. The number of esters is 1. The molecule has 2 rings (SSSR count). The molecule has 5 nitrogen and oxygen atoms in total.